The van der Waals surface area contributed by atoms with Gasteiger partial charge in [0.15, 0.2) is 0 Å². The highest BCUT2D eigenvalue weighted by molar-refractivity contribution is 5.95. The first-order chi connectivity index (χ1) is 10.2. The molecular formula is C16H23N3O2. The Kier molecular flexibility index (Phi) is 4.01. The smallest absolute Gasteiger partial charge is 0.254 e. The lowest BCUT2D eigenvalue weighted by atomic mass is 10.1. The van der Waals surface area contributed by atoms with Crippen LogP contribution >= 0.6 is 0 Å². The van der Waals surface area contributed by atoms with E-state index in [0.717, 1.165) is 19.5 Å². The highest BCUT2D eigenvalue weighted by atomic mass is 16.5. The zero-order chi connectivity index (χ0) is 14.8. The van der Waals surface area contributed by atoms with Crippen LogP contribution in [0.15, 0.2) is 18.2 Å². The molecule has 1 unspecified atom stereocenters. The molecule has 1 aromatic rings. The number of methoxy groups -OCH3 is 1. The number of ether oxygens (including phenoxy) is 1. The third-order valence-corrected chi connectivity index (χ3v) is 4.52. The van der Waals surface area contributed by atoms with Crippen LogP contribution in [0.2, 0.25) is 0 Å². The Morgan fingerprint density at radius 3 is 2.71 bits per heavy atom. The fourth-order valence-electron chi connectivity index (χ4n) is 3.38. The average Bonchev–Trinajstić information content (AvgIpc) is 3.16. The zero-order valence-corrected chi connectivity index (χ0v) is 12.5. The monoisotopic (exact) mass is 289 g/mol. The van der Waals surface area contributed by atoms with E-state index in [4.69, 9.17) is 10.5 Å². The molecule has 0 spiro atoms. The van der Waals surface area contributed by atoms with Gasteiger partial charge < -0.3 is 15.4 Å². The van der Waals surface area contributed by atoms with Crippen molar-refractivity contribution in [3.8, 4) is 5.75 Å². The van der Waals surface area contributed by atoms with Gasteiger partial charge in [0.1, 0.15) is 5.75 Å². The molecule has 1 aromatic carbocycles. The molecule has 0 radical (unpaired) electrons. The van der Waals surface area contributed by atoms with Crippen molar-refractivity contribution in [1.82, 2.24) is 9.80 Å². The van der Waals surface area contributed by atoms with Gasteiger partial charge >= 0.3 is 0 Å². The summed E-state index contributed by atoms with van der Waals surface area (Å²) in [7, 11) is 1.59. The van der Waals surface area contributed by atoms with Gasteiger partial charge in [0.2, 0.25) is 0 Å². The molecule has 0 aromatic heterocycles. The Bertz CT molecular complexity index is 526. The predicted octanol–water partition coefficient (Wildman–Crippen LogP) is 1.59. The lowest BCUT2D eigenvalue weighted by molar-refractivity contribution is 0.0779. The van der Waals surface area contributed by atoms with Gasteiger partial charge in [-0.05, 0) is 44.5 Å². The van der Waals surface area contributed by atoms with Crippen molar-refractivity contribution in [2.45, 2.75) is 25.3 Å². The summed E-state index contributed by atoms with van der Waals surface area (Å²) < 4.78 is 5.19. The van der Waals surface area contributed by atoms with E-state index in [1.165, 1.54) is 25.9 Å². The summed E-state index contributed by atoms with van der Waals surface area (Å²) >= 11 is 0. The van der Waals surface area contributed by atoms with Crippen LogP contribution in [-0.4, -0.2) is 55.0 Å². The summed E-state index contributed by atoms with van der Waals surface area (Å²) in [5.74, 6) is 0.691. The molecular weight excluding hydrogens is 266 g/mol. The van der Waals surface area contributed by atoms with Gasteiger partial charge in [-0.2, -0.15) is 0 Å². The Morgan fingerprint density at radius 1 is 1.24 bits per heavy atom. The highest BCUT2D eigenvalue weighted by Gasteiger charge is 2.32. The van der Waals surface area contributed by atoms with Crippen molar-refractivity contribution in [2.75, 3.05) is 39.0 Å². The maximum atomic E-state index is 12.6. The van der Waals surface area contributed by atoms with Crippen molar-refractivity contribution in [3.05, 3.63) is 23.8 Å². The van der Waals surface area contributed by atoms with Crippen LogP contribution in [0.1, 0.15) is 29.6 Å². The number of amides is 1. The van der Waals surface area contributed by atoms with Crippen molar-refractivity contribution in [2.24, 2.45) is 0 Å². The van der Waals surface area contributed by atoms with E-state index in [1.807, 2.05) is 4.90 Å². The van der Waals surface area contributed by atoms with Crippen molar-refractivity contribution in [1.29, 1.82) is 0 Å². The molecule has 2 fully saturated rings. The topological polar surface area (TPSA) is 58.8 Å². The van der Waals surface area contributed by atoms with Crippen LogP contribution in [0.25, 0.3) is 0 Å². The number of hydrogen-bond acceptors (Lipinski definition) is 4. The van der Waals surface area contributed by atoms with Crippen LogP contribution in [-0.2, 0) is 0 Å². The second kappa shape index (κ2) is 5.93. The molecule has 3 rings (SSSR count). The third kappa shape index (κ3) is 2.97. The van der Waals surface area contributed by atoms with Crippen molar-refractivity contribution in [3.63, 3.8) is 0 Å². The van der Waals surface area contributed by atoms with Crippen LogP contribution in [0, 0.1) is 0 Å². The Labute approximate surface area is 125 Å². The number of hydrogen-bond donors (Lipinski definition) is 1. The number of benzene rings is 1. The summed E-state index contributed by atoms with van der Waals surface area (Å²) in [5.41, 5.74) is 7.02. The second-order valence-electron chi connectivity index (χ2n) is 5.93. The maximum Gasteiger partial charge on any atom is 0.254 e. The Morgan fingerprint density at radius 2 is 2.00 bits per heavy atom. The van der Waals surface area contributed by atoms with Gasteiger partial charge in [-0.1, -0.05) is 0 Å². The summed E-state index contributed by atoms with van der Waals surface area (Å²) in [6.07, 6.45) is 3.65. The third-order valence-electron chi connectivity index (χ3n) is 4.52. The van der Waals surface area contributed by atoms with Crippen molar-refractivity contribution >= 4 is 11.6 Å². The summed E-state index contributed by atoms with van der Waals surface area (Å²) in [6.45, 7) is 4.02. The van der Waals surface area contributed by atoms with E-state index in [0.29, 0.717) is 23.0 Å². The molecule has 21 heavy (non-hydrogen) atoms. The van der Waals surface area contributed by atoms with Crippen LogP contribution in [0.3, 0.4) is 0 Å². The molecule has 0 saturated carbocycles. The number of rotatable bonds is 3. The number of nitrogen functional groups attached to an aromatic ring is 1. The summed E-state index contributed by atoms with van der Waals surface area (Å²) in [5, 5.41) is 0. The SMILES string of the molecule is COc1cc(N)cc(C(=O)N2CCC(N3CCCC3)C2)c1. The molecule has 2 heterocycles. The highest BCUT2D eigenvalue weighted by Crippen LogP contribution is 2.24. The largest absolute Gasteiger partial charge is 0.497 e. The quantitative estimate of drug-likeness (QED) is 0.859. The molecule has 2 aliphatic heterocycles. The fourth-order valence-corrected chi connectivity index (χ4v) is 3.38. The van der Waals surface area contributed by atoms with Crippen LogP contribution in [0.4, 0.5) is 5.69 Å². The number of nitrogens with two attached hydrogens (primary N) is 1. The minimum atomic E-state index is 0.0577. The first kappa shape index (κ1) is 14.2. The molecule has 114 valence electrons. The van der Waals surface area contributed by atoms with E-state index >= 15 is 0 Å². The van der Waals surface area contributed by atoms with Crippen molar-refractivity contribution < 1.29 is 9.53 Å². The van der Waals surface area contributed by atoms with Crippen LogP contribution in [0.5, 0.6) is 5.75 Å². The normalized spacial score (nSPS) is 22.7. The second-order valence-corrected chi connectivity index (χ2v) is 5.93. The van der Waals surface area contributed by atoms with E-state index in [2.05, 4.69) is 4.90 Å². The standard InChI is InChI=1S/C16H23N3O2/c1-21-15-9-12(8-13(17)10-15)16(20)19-7-4-14(11-19)18-5-2-3-6-18/h8-10,14H,2-7,11,17H2,1H3. The molecule has 2 aliphatic rings. The zero-order valence-electron chi connectivity index (χ0n) is 12.5. The minimum Gasteiger partial charge on any atom is -0.497 e. The number of carbonyl (C=O) groups is 1. The molecule has 2 saturated heterocycles. The fraction of sp³-hybridized carbons (Fsp3) is 0.562. The van der Waals surface area contributed by atoms with Gasteiger partial charge in [-0.25, -0.2) is 0 Å². The van der Waals surface area contributed by atoms with E-state index in [1.54, 1.807) is 25.3 Å². The summed E-state index contributed by atoms with van der Waals surface area (Å²) in [4.78, 5) is 17.1. The minimum absolute atomic E-state index is 0.0577. The number of likely N-dealkylation sites (tertiary alicyclic amines) is 2. The number of nitrogens with zero attached hydrogens (tertiary/aromatic N) is 2. The van der Waals surface area contributed by atoms with E-state index in [9.17, 15) is 4.79 Å². The lowest BCUT2D eigenvalue weighted by Gasteiger charge is -2.23. The van der Waals surface area contributed by atoms with E-state index in [-0.39, 0.29) is 5.91 Å². The Hall–Kier alpha value is -1.75. The maximum absolute atomic E-state index is 12.6. The first-order valence-electron chi connectivity index (χ1n) is 7.65. The number of carbonyl (C=O) groups excluding carboxylic acids is 1. The summed E-state index contributed by atoms with van der Waals surface area (Å²) in [6, 6.07) is 5.75. The van der Waals surface area contributed by atoms with Gasteiger partial charge in [-0.3, -0.25) is 9.69 Å². The first-order valence-corrected chi connectivity index (χ1v) is 7.65. The predicted molar refractivity (Wildman–Crippen MR) is 82.5 cm³/mol. The molecule has 2 N–H and O–H groups in total. The van der Waals surface area contributed by atoms with E-state index < -0.39 is 0 Å². The molecule has 5 nitrogen and oxygen atoms in total. The van der Waals surface area contributed by atoms with Gasteiger partial charge in [-0.15, -0.1) is 0 Å². The molecule has 0 aliphatic carbocycles. The van der Waals surface area contributed by atoms with Gasteiger partial charge in [0.25, 0.3) is 5.91 Å². The lowest BCUT2D eigenvalue weighted by Crippen LogP contribution is -2.37. The molecule has 5 heteroatoms. The number of anilines is 1. The van der Waals surface area contributed by atoms with Gasteiger partial charge in [0.05, 0.1) is 7.11 Å². The molecule has 1 atom stereocenters. The molecule has 1 amide bonds. The Balaban J connectivity index is 1.69. The molecule has 0 bridgehead atoms. The van der Waals surface area contributed by atoms with Gasteiger partial charge in [0, 0.05) is 36.4 Å². The average molecular weight is 289 g/mol. The van der Waals surface area contributed by atoms with Crippen LogP contribution < -0.4 is 10.5 Å².